The zero-order valence-electron chi connectivity index (χ0n) is 11.0. The number of hydrogen-bond acceptors (Lipinski definition) is 4. The summed E-state index contributed by atoms with van der Waals surface area (Å²) in [7, 11) is 0. The molecule has 2 heterocycles. The van der Waals surface area contributed by atoms with E-state index in [0.29, 0.717) is 31.9 Å². The Morgan fingerprint density at radius 3 is 2.79 bits per heavy atom. The van der Waals surface area contributed by atoms with Gasteiger partial charge in [-0.1, -0.05) is 13.3 Å². The molecule has 1 fully saturated rings. The van der Waals surface area contributed by atoms with E-state index < -0.39 is 17.2 Å². The fraction of sp³-hybridized carbons (Fsp3) is 0.615. The van der Waals surface area contributed by atoms with E-state index in [1.165, 1.54) is 0 Å². The van der Waals surface area contributed by atoms with Crippen molar-refractivity contribution in [2.75, 3.05) is 18.0 Å². The van der Waals surface area contributed by atoms with Gasteiger partial charge < -0.3 is 10.0 Å². The zero-order chi connectivity index (χ0) is 13.9. The first-order valence-corrected chi connectivity index (χ1v) is 6.53. The van der Waals surface area contributed by atoms with Gasteiger partial charge in [-0.05, 0) is 19.3 Å². The number of hydrogen-bond donors (Lipinski definition) is 1. The molecule has 1 unspecified atom stereocenters. The van der Waals surface area contributed by atoms with Gasteiger partial charge in [-0.3, -0.25) is 4.79 Å². The first-order valence-electron chi connectivity index (χ1n) is 6.53. The second-order valence-electron chi connectivity index (χ2n) is 5.06. The molecule has 0 spiro atoms. The third-order valence-electron chi connectivity index (χ3n) is 3.65. The second-order valence-corrected chi connectivity index (χ2v) is 5.06. The molecule has 1 aliphatic rings. The Labute approximate surface area is 111 Å². The van der Waals surface area contributed by atoms with E-state index in [2.05, 4.69) is 9.97 Å². The summed E-state index contributed by atoms with van der Waals surface area (Å²) in [6.45, 7) is 3.09. The summed E-state index contributed by atoms with van der Waals surface area (Å²) < 4.78 is 12.8. The minimum atomic E-state index is -0.763. The third kappa shape index (κ3) is 2.83. The van der Waals surface area contributed by atoms with Crippen LogP contribution in [0.5, 0.6) is 0 Å². The highest BCUT2D eigenvalue weighted by molar-refractivity contribution is 5.75. The van der Waals surface area contributed by atoms with Gasteiger partial charge in [-0.25, -0.2) is 14.4 Å². The first kappa shape index (κ1) is 13.7. The normalized spacial score (nSPS) is 23.4. The molecule has 1 atom stereocenters. The third-order valence-corrected chi connectivity index (χ3v) is 3.65. The highest BCUT2D eigenvalue weighted by atomic mass is 19.1. The van der Waals surface area contributed by atoms with Crippen molar-refractivity contribution in [3.05, 3.63) is 18.2 Å². The van der Waals surface area contributed by atoms with Crippen LogP contribution < -0.4 is 4.90 Å². The maximum atomic E-state index is 12.8. The second kappa shape index (κ2) is 5.50. The molecule has 1 aliphatic heterocycles. The van der Waals surface area contributed by atoms with E-state index in [1.54, 1.807) is 0 Å². The zero-order valence-corrected chi connectivity index (χ0v) is 11.0. The standard InChI is InChI=1S/C13H18FN3O2/c1-2-4-13(11(18)19)5-3-6-17(9-13)12-15-7-10(14)8-16-12/h7-8H,2-6,9H2,1H3,(H,18,19). The molecule has 1 aromatic heterocycles. The highest BCUT2D eigenvalue weighted by Crippen LogP contribution is 2.36. The van der Waals surface area contributed by atoms with Gasteiger partial charge in [-0.2, -0.15) is 0 Å². The number of aliphatic carboxylic acids is 1. The lowest BCUT2D eigenvalue weighted by molar-refractivity contribution is -0.150. The minimum absolute atomic E-state index is 0.391. The number of halogens is 1. The van der Waals surface area contributed by atoms with Crippen molar-refractivity contribution in [3.8, 4) is 0 Å². The molecular weight excluding hydrogens is 249 g/mol. The lowest BCUT2D eigenvalue weighted by atomic mass is 9.76. The molecule has 5 nitrogen and oxygen atoms in total. The number of piperidine rings is 1. The Morgan fingerprint density at radius 2 is 2.21 bits per heavy atom. The van der Waals surface area contributed by atoms with Crippen LogP contribution in [-0.4, -0.2) is 34.1 Å². The van der Waals surface area contributed by atoms with Crippen molar-refractivity contribution in [2.24, 2.45) is 5.41 Å². The van der Waals surface area contributed by atoms with E-state index in [-0.39, 0.29) is 0 Å². The Balaban J connectivity index is 2.20. The molecule has 2 rings (SSSR count). The summed E-state index contributed by atoms with van der Waals surface area (Å²) in [5.41, 5.74) is -0.731. The smallest absolute Gasteiger partial charge is 0.311 e. The SMILES string of the molecule is CCCC1(C(=O)O)CCCN(c2ncc(F)cn2)C1. The summed E-state index contributed by atoms with van der Waals surface area (Å²) in [6, 6.07) is 0. The van der Waals surface area contributed by atoms with Gasteiger partial charge in [0.25, 0.3) is 0 Å². The molecule has 19 heavy (non-hydrogen) atoms. The molecule has 0 aliphatic carbocycles. The highest BCUT2D eigenvalue weighted by Gasteiger charge is 2.42. The average molecular weight is 267 g/mol. The van der Waals surface area contributed by atoms with Crippen LogP contribution >= 0.6 is 0 Å². The van der Waals surface area contributed by atoms with Crippen molar-refractivity contribution in [3.63, 3.8) is 0 Å². The quantitative estimate of drug-likeness (QED) is 0.904. The van der Waals surface area contributed by atoms with Crippen LogP contribution in [0.2, 0.25) is 0 Å². The Morgan fingerprint density at radius 1 is 1.53 bits per heavy atom. The van der Waals surface area contributed by atoms with E-state index in [9.17, 15) is 14.3 Å². The fourth-order valence-corrected chi connectivity index (χ4v) is 2.74. The monoisotopic (exact) mass is 267 g/mol. The van der Waals surface area contributed by atoms with E-state index in [1.807, 2.05) is 11.8 Å². The van der Waals surface area contributed by atoms with Crippen LogP contribution in [0, 0.1) is 11.2 Å². The maximum Gasteiger partial charge on any atom is 0.311 e. The van der Waals surface area contributed by atoms with E-state index in [4.69, 9.17) is 0 Å². The van der Waals surface area contributed by atoms with Gasteiger partial charge in [0.2, 0.25) is 5.95 Å². The average Bonchev–Trinajstić information content (AvgIpc) is 2.40. The van der Waals surface area contributed by atoms with Gasteiger partial charge in [-0.15, -0.1) is 0 Å². The van der Waals surface area contributed by atoms with Crippen molar-refractivity contribution < 1.29 is 14.3 Å². The molecule has 0 saturated carbocycles. The van der Waals surface area contributed by atoms with E-state index >= 15 is 0 Å². The van der Waals surface area contributed by atoms with Gasteiger partial charge >= 0.3 is 5.97 Å². The van der Waals surface area contributed by atoms with Gasteiger partial charge in [0.1, 0.15) is 0 Å². The molecule has 104 valence electrons. The number of aromatic nitrogens is 2. The molecule has 1 aromatic rings. The number of anilines is 1. The predicted molar refractivity (Wildman–Crippen MR) is 68.4 cm³/mol. The maximum absolute atomic E-state index is 12.8. The summed E-state index contributed by atoms with van der Waals surface area (Å²) in [4.78, 5) is 21.3. The van der Waals surface area contributed by atoms with Crippen LogP contribution in [0.15, 0.2) is 12.4 Å². The topological polar surface area (TPSA) is 66.3 Å². The molecule has 1 N–H and O–H groups in total. The molecule has 0 amide bonds. The Hall–Kier alpha value is -1.72. The lowest BCUT2D eigenvalue weighted by Gasteiger charge is -2.39. The summed E-state index contributed by atoms with van der Waals surface area (Å²) >= 11 is 0. The molecule has 1 saturated heterocycles. The number of nitrogens with zero attached hydrogens (tertiary/aromatic N) is 3. The van der Waals surface area contributed by atoms with Crippen molar-refractivity contribution in [2.45, 2.75) is 32.6 Å². The molecule has 0 aromatic carbocycles. The van der Waals surface area contributed by atoms with Crippen molar-refractivity contribution in [1.29, 1.82) is 0 Å². The summed E-state index contributed by atoms with van der Waals surface area (Å²) in [5, 5.41) is 9.50. The van der Waals surface area contributed by atoms with Gasteiger partial charge in [0.15, 0.2) is 5.82 Å². The Kier molecular flexibility index (Phi) is 3.97. The first-order chi connectivity index (χ1) is 9.07. The van der Waals surface area contributed by atoms with Crippen LogP contribution in [0.3, 0.4) is 0 Å². The minimum Gasteiger partial charge on any atom is -0.481 e. The number of carboxylic acid groups (broad SMARTS) is 1. The van der Waals surface area contributed by atoms with E-state index in [0.717, 1.165) is 25.2 Å². The van der Waals surface area contributed by atoms with Crippen molar-refractivity contribution in [1.82, 2.24) is 9.97 Å². The number of carboxylic acids is 1. The molecular formula is C13H18FN3O2. The van der Waals surface area contributed by atoms with Gasteiger partial charge in [0.05, 0.1) is 17.8 Å². The van der Waals surface area contributed by atoms with Crippen LogP contribution in [0.1, 0.15) is 32.6 Å². The van der Waals surface area contributed by atoms with Gasteiger partial charge in [0, 0.05) is 13.1 Å². The molecule has 6 heteroatoms. The van der Waals surface area contributed by atoms with Crippen LogP contribution in [-0.2, 0) is 4.79 Å². The summed E-state index contributed by atoms with van der Waals surface area (Å²) in [6.07, 6.45) is 5.14. The lowest BCUT2D eigenvalue weighted by Crippen LogP contribution is -2.48. The Bertz CT molecular complexity index is 448. The predicted octanol–water partition coefficient (Wildman–Crippen LogP) is 2.09. The largest absolute Gasteiger partial charge is 0.481 e. The number of rotatable bonds is 4. The molecule has 0 bridgehead atoms. The molecule has 0 radical (unpaired) electrons. The fourth-order valence-electron chi connectivity index (χ4n) is 2.74. The number of carbonyl (C=O) groups is 1. The van der Waals surface area contributed by atoms with Crippen LogP contribution in [0.4, 0.5) is 10.3 Å². The summed E-state index contributed by atoms with van der Waals surface area (Å²) in [5.74, 6) is -0.845. The van der Waals surface area contributed by atoms with Crippen molar-refractivity contribution >= 4 is 11.9 Å². The van der Waals surface area contributed by atoms with Crippen LogP contribution in [0.25, 0.3) is 0 Å².